The number of rotatable bonds is 2. The van der Waals surface area contributed by atoms with Crippen molar-refractivity contribution in [3.05, 3.63) is 0 Å². The maximum absolute atomic E-state index is 5.82. The topological polar surface area (TPSA) is 29.3 Å². The maximum atomic E-state index is 5.82. The van der Waals surface area contributed by atoms with Crippen LogP contribution in [0.4, 0.5) is 0 Å². The van der Waals surface area contributed by atoms with Gasteiger partial charge in [0, 0.05) is 19.1 Å². The molecule has 1 saturated carbocycles. The third-order valence-electron chi connectivity index (χ3n) is 3.73. The molecule has 0 amide bonds. The van der Waals surface area contributed by atoms with Crippen LogP contribution in [0.25, 0.3) is 0 Å². The minimum atomic E-state index is 0.793. The molecule has 76 valence electrons. The predicted octanol–water partition coefficient (Wildman–Crippen LogP) is 1.46. The first-order chi connectivity index (χ1) is 6.31. The van der Waals surface area contributed by atoms with Crippen molar-refractivity contribution < 1.29 is 0 Å². The van der Waals surface area contributed by atoms with Gasteiger partial charge in [-0.2, -0.15) is 0 Å². The first-order valence-corrected chi connectivity index (χ1v) is 5.75. The number of nitrogens with two attached hydrogens (primary N) is 1. The van der Waals surface area contributed by atoms with Gasteiger partial charge in [0.05, 0.1) is 0 Å². The molecule has 2 rings (SSSR count). The third kappa shape index (κ3) is 1.89. The summed E-state index contributed by atoms with van der Waals surface area (Å²) in [5.41, 5.74) is 5.82. The smallest absolute Gasteiger partial charge is 0.0136 e. The van der Waals surface area contributed by atoms with Crippen LogP contribution in [0.3, 0.4) is 0 Å². The lowest BCUT2D eigenvalue weighted by molar-refractivity contribution is 0.0159. The van der Waals surface area contributed by atoms with Gasteiger partial charge < -0.3 is 5.73 Å². The highest BCUT2D eigenvalue weighted by Crippen LogP contribution is 2.31. The van der Waals surface area contributed by atoms with E-state index in [9.17, 15) is 0 Å². The molecule has 0 bridgehead atoms. The van der Waals surface area contributed by atoms with Crippen LogP contribution in [0, 0.1) is 11.8 Å². The summed E-state index contributed by atoms with van der Waals surface area (Å²) in [5.74, 6) is 1.72. The number of hydrogen-bond acceptors (Lipinski definition) is 2. The molecule has 2 nitrogen and oxygen atoms in total. The third-order valence-corrected chi connectivity index (χ3v) is 3.73. The van der Waals surface area contributed by atoms with E-state index in [0.29, 0.717) is 0 Å². The monoisotopic (exact) mass is 182 g/mol. The van der Waals surface area contributed by atoms with E-state index in [2.05, 4.69) is 11.8 Å². The summed E-state index contributed by atoms with van der Waals surface area (Å²) in [4.78, 5) is 2.65. The van der Waals surface area contributed by atoms with E-state index in [1.54, 1.807) is 0 Å². The van der Waals surface area contributed by atoms with Gasteiger partial charge in [0.25, 0.3) is 0 Å². The van der Waals surface area contributed by atoms with Gasteiger partial charge in [-0.05, 0) is 31.2 Å². The van der Waals surface area contributed by atoms with Crippen molar-refractivity contribution in [3.63, 3.8) is 0 Å². The number of likely N-dealkylation sites (tertiary alicyclic amines) is 1. The van der Waals surface area contributed by atoms with Gasteiger partial charge in [0.15, 0.2) is 0 Å². The quantitative estimate of drug-likeness (QED) is 0.700. The van der Waals surface area contributed by atoms with Crippen molar-refractivity contribution in [2.75, 3.05) is 19.6 Å². The zero-order valence-corrected chi connectivity index (χ0v) is 8.71. The summed E-state index contributed by atoms with van der Waals surface area (Å²) in [6.45, 7) is 5.88. The zero-order chi connectivity index (χ0) is 9.26. The Kier molecular flexibility index (Phi) is 2.89. The van der Waals surface area contributed by atoms with Crippen LogP contribution in [0.1, 0.15) is 32.6 Å². The molecule has 2 aliphatic rings. The van der Waals surface area contributed by atoms with Crippen molar-refractivity contribution >= 4 is 0 Å². The molecule has 0 aromatic carbocycles. The largest absolute Gasteiger partial charge is 0.330 e. The molecule has 2 N–H and O–H groups in total. The molecule has 0 spiro atoms. The zero-order valence-electron chi connectivity index (χ0n) is 8.71. The van der Waals surface area contributed by atoms with E-state index < -0.39 is 0 Å². The first kappa shape index (κ1) is 9.47. The average Bonchev–Trinajstić information content (AvgIpc) is 2.13. The predicted molar refractivity (Wildman–Crippen MR) is 55.5 cm³/mol. The van der Waals surface area contributed by atoms with Crippen LogP contribution in [0.2, 0.25) is 0 Å². The molecular weight excluding hydrogens is 160 g/mol. The Labute approximate surface area is 81.5 Å². The second-order valence-corrected chi connectivity index (χ2v) is 4.91. The number of hydrogen-bond donors (Lipinski definition) is 1. The summed E-state index contributed by atoms with van der Waals surface area (Å²) >= 11 is 0. The lowest BCUT2D eigenvalue weighted by Crippen LogP contribution is -2.55. The fourth-order valence-corrected chi connectivity index (χ4v) is 2.96. The average molecular weight is 182 g/mol. The summed E-state index contributed by atoms with van der Waals surface area (Å²) in [5, 5.41) is 0. The maximum Gasteiger partial charge on any atom is 0.0136 e. The van der Waals surface area contributed by atoms with Crippen LogP contribution < -0.4 is 5.73 Å². The lowest BCUT2D eigenvalue weighted by Gasteiger charge is -2.47. The Morgan fingerprint density at radius 2 is 1.92 bits per heavy atom. The number of nitrogens with zero attached hydrogens (tertiary/aromatic N) is 1. The molecular formula is C11H22N2. The second-order valence-electron chi connectivity index (χ2n) is 4.91. The Balaban J connectivity index is 1.87. The standard InChI is InChI=1S/C11H22N2/c1-9-7-13(8-9)11-5-3-2-4-10(11)6-12/h9-11H,2-8,12H2,1H3. The van der Waals surface area contributed by atoms with E-state index in [-0.39, 0.29) is 0 Å². The van der Waals surface area contributed by atoms with E-state index in [1.807, 2.05) is 0 Å². The summed E-state index contributed by atoms with van der Waals surface area (Å²) in [6, 6.07) is 0.829. The molecule has 1 aliphatic carbocycles. The van der Waals surface area contributed by atoms with Crippen LogP contribution in [-0.2, 0) is 0 Å². The molecule has 0 aromatic heterocycles. The van der Waals surface area contributed by atoms with Crippen molar-refractivity contribution in [1.29, 1.82) is 0 Å². The van der Waals surface area contributed by atoms with Crippen molar-refractivity contribution in [2.24, 2.45) is 17.6 Å². The Hall–Kier alpha value is -0.0800. The van der Waals surface area contributed by atoms with Crippen LogP contribution in [0.5, 0.6) is 0 Å². The van der Waals surface area contributed by atoms with E-state index in [0.717, 1.165) is 24.4 Å². The van der Waals surface area contributed by atoms with E-state index in [1.165, 1.54) is 38.8 Å². The second kappa shape index (κ2) is 3.97. The van der Waals surface area contributed by atoms with Gasteiger partial charge in [0.1, 0.15) is 0 Å². The molecule has 1 aliphatic heterocycles. The highest BCUT2D eigenvalue weighted by Gasteiger charge is 2.34. The molecule has 0 aromatic rings. The summed E-state index contributed by atoms with van der Waals surface area (Å²) in [7, 11) is 0. The van der Waals surface area contributed by atoms with Crippen molar-refractivity contribution in [1.82, 2.24) is 4.90 Å². The highest BCUT2D eigenvalue weighted by molar-refractivity contribution is 4.89. The van der Waals surface area contributed by atoms with E-state index in [4.69, 9.17) is 5.73 Å². The molecule has 1 heterocycles. The van der Waals surface area contributed by atoms with Gasteiger partial charge in [-0.3, -0.25) is 4.90 Å². The van der Waals surface area contributed by atoms with E-state index >= 15 is 0 Å². The molecule has 1 saturated heterocycles. The molecule has 2 fully saturated rings. The SMILES string of the molecule is CC1CN(C2CCCCC2CN)C1. The van der Waals surface area contributed by atoms with Crippen molar-refractivity contribution in [3.8, 4) is 0 Å². The molecule has 2 heteroatoms. The fourth-order valence-electron chi connectivity index (χ4n) is 2.96. The van der Waals surface area contributed by atoms with Gasteiger partial charge >= 0.3 is 0 Å². The van der Waals surface area contributed by atoms with Crippen LogP contribution in [0.15, 0.2) is 0 Å². The molecule has 0 radical (unpaired) electrons. The van der Waals surface area contributed by atoms with Crippen molar-refractivity contribution in [2.45, 2.75) is 38.6 Å². The Morgan fingerprint density at radius 1 is 1.23 bits per heavy atom. The highest BCUT2D eigenvalue weighted by atomic mass is 15.2. The van der Waals surface area contributed by atoms with Gasteiger partial charge in [0.2, 0.25) is 0 Å². The van der Waals surface area contributed by atoms with Gasteiger partial charge in [-0.15, -0.1) is 0 Å². The van der Waals surface area contributed by atoms with Crippen LogP contribution >= 0.6 is 0 Å². The summed E-state index contributed by atoms with van der Waals surface area (Å²) in [6.07, 6.45) is 5.59. The fraction of sp³-hybridized carbons (Fsp3) is 1.00. The first-order valence-electron chi connectivity index (χ1n) is 5.75. The van der Waals surface area contributed by atoms with Gasteiger partial charge in [-0.1, -0.05) is 19.8 Å². The normalized spacial score (nSPS) is 37.4. The molecule has 13 heavy (non-hydrogen) atoms. The Morgan fingerprint density at radius 3 is 2.54 bits per heavy atom. The van der Waals surface area contributed by atoms with Crippen LogP contribution in [-0.4, -0.2) is 30.6 Å². The molecule has 2 unspecified atom stereocenters. The summed E-state index contributed by atoms with van der Waals surface area (Å²) < 4.78 is 0. The lowest BCUT2D eigenvalue weighted by atomic mass is 9.81. The molecule has 2 atom stereocenters. The minimum absolute atomic E-state index is 0.793. The Bertz CT molecular complexity index is 163. The minimum Gasteiger partial charge on any atom is -0.330 e. The van der Waals surface area contributed by atoms with Gasteiger partial charge in [-0.25, -0.2) is 0 Å².